The number of pyridine rings is 1. The minimum Gasteiger partial charge on any atom is -0.496 e. The van der Waals surface area contributed by atoms with Gasteiger partial charge in [0.2, 0.25) is 0 Å². The number of nitrogens with zero attached hydrogens (tertiary/aromatic N) is 3. The molecule has 2 aromatic heterocycles. The summed E-state index contributed by atoms with van der Waals surface area (Å²) in [6.07, 6.45) is 2.24. The van der Waals surface area contributed by atoms with E-state index in [2.05, 4.69) is 20.6 Å². The maximum Gasteiger partial charge on any atom is 0.420 e. The van der Waals surface area contributed by atoms with Crippen molar-refractivity contribution < 1.29 is 27.4 Å². The van der Waals surface area contributed by atoms with E-state index in [9.17, 15) is 18.0 Å². The zero-order valence-electron chi connectivity index (χ0n) is 19.3. The highest BCUT2D eigenvalue weighted by molar-refractivity contribution is 6.01. The van der Waals surface area contributed by atoms with E-state index in [4.69, 9.17) is 9.47 Å². The number of anilines is 2. The number of aromatic nitrogens is 3. The number of ether oxygens (including phenoxy) is 2. The van der Waals surface area contributed by atoms with Gasteiger partial charge in [-0.25, -0.2) is 9.78 Å². The first-order chi connectivity index (χ1) is 17.3. The minimum absolute atomic E-state index is 0.0208. The molecule has 2 heterocycles. The molecule has 2 aromatic carbocycles. The lowest BCUT2D eigenvalue weighted by Gasteiger charge is -2.17. The molecule has 0 atom stereocenters. The Bertz CT molecular complexity index is 1360. The van der Waals surface area contributed by atoms with Crippen LogP contribution in [-0.2, 0) is 12.7 Å². The molecule has 36 heavy (non-hydrogen) atoms. The Labute approximate surface area is 204 Å². The predicted octanol–water partition coefficient (Wildman–Crippen LogP) is 5.67. The highest BCUT2D eigenvalue weighted by Gasteiger charge is 2.35. The van der Waals surface area contributed by atoms with Crippen LogP contribution in [0.1, 0.15) is 11.1 Å². The van der Waals surface area contributed by atoms with Gasteiger partial charge < -0.3 is 24.7 Å². The highest BCUT2D eigenvalue weighted by Crippen LogP contribution is 2.42. The molecule has 2 amide bonds. The van der Waals surface area contributed by atoms with Crippen LogP contribution < -0.4 is 20.1 Å². The third-order valence-electron chi connectivity index (χ3n) is 5.27. The molecule has 4 rings (SSSR count). The molecule has 0 saturated heterocycles. The van der Waals surface area contributed by atoms with Gasteiger partial charge in [-0.15, -0.1) is 0 Å². The summed E-state index contributed by atoms with van der Waals surface area (Å²) < 4.78 is 52.1. The molecule has 0 unspecified atom stereocenters. The number of rotatable bonds is 7. The highest BCUT2D eigenvalue weighted by atomic mass is 19.4. The van der Waals surface area contributed by atoms with Crippen molar-refractivity contribution in [3.8, 4) is 22.9 Å². The van der Waals surface area contributed by atoms with E-state index in [1.807, 2.05) is 29.0 Å². The summed E-state index contributed by atoms with van der Waals surface area (Å²) in [7, 11) is 2.41. The summed E-state index contributed by atoms with van der Waals surface area (Å²) in [6.45, 7) is 0.482. The Morgan fingerprint density at radius 2 is 1.72 bits per heavy atom. The van der Waals surface area contributed by atoms with Crippen LogP contribution in [-0.4, -0.2) is 34.8 Å². The Morgan fingerprint density at radius 1 is 0.972 bits per heavy atom. The van der Waals surface area contributed by atoms with Crippen molar-refractivity contribution in [1.82, 2.24) is 14.5 Å². The second kappa shape index (κ2) is 10.4. The quantitative estimate of drug-likeness (QED) is 0.343. The molecule has 186 valence electrons. The van der Waals surface area contributed by atoms with Gasteiger partial charge in [0.25, 0.3) is 0 Å². The monoisotopic (exact) mass is 497 g/mol. The van der Waals surface area contributed by atoms with Crippen LogP contribution in [0.4, 0.5) is 29.3 Å². The number of carbonyl (C=O) groups is 1. The van der Waals surface area contributed by atoms with E-state index in [1.54, 1.807) is 36.8 Å². The molecule has 2 N–H and O–H groups in total. The number of halogens is 3. The first-order valence-electron chi connectivity index (χ1n) is 10.7. The molecule has 0 fully saturated rings. The average molecular weight is 497 g/mol. The van der Waals surface area contributed by atoms with E-state index in [-0.39, 0.29) is 11.4 Å². The average Bonchev–Trinajstić information content (AvgIpc) is 3.32. The van der Waals surface area contributed by atoms with Crippen LogP contribution in [0, 0.1) is 0 Å². The number of carbonyl (C=O) groups excluding carboxylic acids is 1. The normalized spacial score (nSPS) is 11.1. The third kappa shape index (κ3) is 5.57. The Balaban J connectivity index is 1.50. The molecule has 0 radical (unpaired) electrons. The number of urea groups is 1. The number of amides is 2. The molecule has 8 nitrogen and oxygen atoms in total. The van der Waals surface area contributed by atoms with Gasteiger partial charge in [0.15, 0.2) is 0 Å². The third-order valence-corrected chi connectivity index (χ3v) is 5.27. The van der Waals surface area contributed by atoms with Crippen molar-refractivity contribution in [1.29, 1.82) is 0 Å². The van der Waals surface area contributed by atoms with Gasteiger partial charge in [-0.2, -0.15) is 13.2 Å². The first-order valence-corrected chi connectivity index (χ1v) is 10.7. The van der Waals surface area contributed by atoms with Gasteiger partial charge >= 0.3 is 12.2 Å². The SMILES string of the molecule is COc1cc(OC)c(C(F)(F)F)cc1NC(=O)Nc1cccc(Cn2ccnc2-c2ccncc2)c1. The number of nitrogens with one attached hydrogen (secondary N) is 2. The summed E-state index contributed by atoms with van der Waals surface area (Å²) in [5, 5.41) is 5.06. The van der Waals surface area contributed by atoms with E-state index < -0.39 is 23.5 Å². The predicted molar refractivity (Wildman–Crippen MR) is 128 cm³/mol. The van der Waals surface area contributed by atoms with Crippen molar-refractivity contribution in [3.63, 3.8) is 0 Å². The number of methoxy groups -OCH3 is 2. The fourth-order valence-corrected chi connectivity index (χ4v) is 3.65. The smallest absolute Gasteiger partial charge is 0.420 e. The number of hydrogen-bond acceptors (Lipinski definition) is 5. The molecule has 4 aromatic rings. The molecule has 0 bridgehead atoms. The van der Waals surface area contributed by atoms with Crippen LogP contribution in [0.5, 0.6) is 11.5 Å². The second-order valence-electron chi connectivity index (χ2n) is 7.64. The molecule has 0 spiro atoms. The van der Waals surface area contributed by atoms with Gasteiger partial charge in [0, 0.05) is 48.6 Å². The van der Waals surface area contributed by atoms with Crippen LogP contribution in [0.2, 0.25) is 0 Å². The lowest BCUT2D eigenvalue weighted by atomic mass is 10.1. The van der Waals surface area contributed by atoms with Crippen molar-refractivity contribution in [2.75, 3.05) is 24.9 Å². The van der Waals surface area contributed by atoms with E-state index >= 15 is 0 Å². The fraction of sp³-hybridized carbons (Fsp3) is 0.160. The number of benzene rings is 2. The number of hydrogen-bond donors (Lipinski definition) is 2. The molecule has 11 heteroatoms. The van der Waals surface area contributed by atoms with E-state index in [0.717, 1.165) is 36.2 Å². The summed E-state index contributed by atoms with van der Waals surface area (Å²) in [6, 6.07) is 11.9. The van der Waals surface area contributed by atoms with Gasteiger partial charge in [-0.05, 0) is 35.9 Å². The topological polar surface area (TPSA) is 90.3 Å². The van der Waals surface area contributed by atoms with Gasteiger partial charge in [0.05, 0.1) is 25.5 Å². The summed E-state index contributed by atoms with van der Waals surface area (Å²) in [5.74, 6) is 0.372. The maximum atomic E-state index is 13.4. The molecule has 0 saturated carbocycles. The molecule has 0 aliphatic rings. The maximum absolute atomic E-state index is 13.4. The summed E-state index contributed by atoms with van der Waals surface area (Å²) in [5.41, 5.74) is 1.06. The molecular weight excluding hydrogens is 475 g/mol. The Morgan fingerprint density at radius 3 is 2.42 bits per heavy atom. The summed E-state index contributed by atoms with van der Waals surface area (Å²) in [4.78, 5) is 21.1. The molecule has 0 aliphatic carbocycles. The van der Waals surface area contributed by atoms with Crippen LogP contribution in [0.25, 0.3) is 11.4 Å². The van der Waals surface area contributed by atoms with E-state index in [0.29, 0.717) is 12.2 Å². The molecular formula is C25H22F3N5O3. The Kier molecular flexibility index (Phi) is 7.09. The first kappa shape index (κ1) is 24.6. The van der Waals surface area contributed by atoms with E-state index in [1.165, 1.54) is 7.11 Å². The zero-order valence-corrected chi connectivity index (χ0v) is 19.3. The Hall–Kier alpha value is -4.54. The lowest BCUT2D eigenvalue weighted by Crippen LogP contribution is -2.20. The van der Waals surface area contributed by atoms with Crippen LogP contribution in [0.15, 0.2) is 73.3 Å². The van der Waals surface area contributed by atoms with Crippen molar-refractivity contribution in [3.05, 3.63) is 84.4 Å². The summed E-state index contributed by atoms with van der Waals surface area (Å²) >= 11 is 0. The van der Waals surface area contributed by atoms with Gasteiger partial charge in [-0.1, -0.05) is 12.1 Å². The number of imidazole rings is 1. The largest absolute Gasteiger partial charge is 0.496 e. The second-order valence-corrected chi connectivity index (χ2v) is 7.64. The van der Waals surface area contributed by atoms with Crippen LogP contribution in [0.3, 0.4) is 0 Å². The van der Waals surface area contributed by atoms with Crippen LogP contribution >= 0.6 is 0 Å². The zero-order chi connectivity index (χ0) is 25.7. The lowest BCUT2D eigenvalue weighted by molar-refractivity contribution is -0.138. The van der Waals surface area contributed by atoms with Crippen molar-refractivity contribution >= 4 is 17.4 Å². The molecule has 0 aliphatic heterocycles. The van der Waals surface area contributed by atoms with Crippen molar-refractivity contribution in [2.45, 2.75) is 12.7 Å². The standard InChI is InChI=1S/C25H22F3N5O3/c1-35-21-14-22(36-2)20(13-19(21)25(26,27)28)32-24(34)31-18-5-3-4-16(12-18)15-33-11-10-30-23(33)17-6-8-29-9-7-17/h3-14H,15H2,1-2H3,(H2,31,32,34). The van der Waals surface area contributed by atoms with Crippen molar-refractivity contribution in [2.24, 2.45) is 0 Å². The van der Waals surface area contributed by atoms with Gasteiger partial charge in [-0.3, -0.25) is 4.98 Å². The van der Waals surface area contributed by atoms with Gasteiger partial charge in [0.1, 0.15) is 17.3 Å². The number of alkyl halides is 3. The minimum atomic E-state index is -4.68. The fourth-order valence-electron chi connectivity index (χ4n) is 3.65.